The number of nitrogens with one attached hydrogen (secondary N) is 2. The van der Waals surface area contributed by atoms with Crippen LogP contribution in [0.3, 0.4) is 0 Å². The third kappa shape index (κ3) is 3.11. The number of hydrogen-bond donors (Lipinski definition) is 4. The molecule has 3 fully saturated rings. The lowest BCUT2D eigenvalue weighted by Crippen LogP contribution is -2.61. The molecule has 0 aromatic heterocycles. The second kappa shape index (κ2) is 7.49. The van der Waals surface area contributed by atoms with Crippen molar-refractivity contribution in [3.8, 4) is 0 Å². The topological polar surface area (TPSA) is 86.2 Å². The lowest BCUT2D eigenvalue weighted by molar-refractivity contribution is -0.142. The van der Waals surface area contributed by atoms with Crippen molar-refractivity contribution in [2.24, 2.45) is 5.92 Å². The van der Waals surface area contributed by atoms with Gasteiger partial charge in [-0.3, -0.25) is 10.2 Å². The summed E-state index contributed by atoms with van der Waals surface area (Å²) in [6.45, 7) is 3.74. The molecule has 5 rings (SSSR count). The minimum atomic E-state index is -1.19. The summed E-state index contributed by atoms with van der Waals surface area (Å²) < 4.78 is 39.9. The average molecular weight is 411 g/mol. The molecular weight excluding hydrogens is 384 g/mol. The fourth-order valence-electron chi connectivity index (χ4n) is 5.38. The van der Waals surface area contributed by atoms with E-state index in [0.29, 0.717) is 24.2 Å². The van der Waals surface area contributed by atoms with E-state index in [1.54, 1.807) is 0 Å². The van der Waals surface area contributed by atoms with Crippen molar-refractivity contribution in [3.63, 3.8) is 0 Å². The van der Waals surface area contributed by atoms with Crippen LogP contribution in [0.1, 0.15) is 30.6 Å². The van der Waals surface area contributed by atoms with Crippen molar-refractivity contribution in [1.82, 2.24) is 15.5 Å². The third-order valence-electron chi connectivity index (χ3n) is 6.95. The van der Waals surface area contributed by atoms with Crippen LogP contribution in [0.5, 0.6) is 0 Å². The number of benzene rings is 1. The zero-order chi connectivity index (χ0) is 20.3. The first kappa shape index (κ1) is 19.7. The highest BCUT2D eigenvalue weighted by molar-refractivity contribution is 5.34. The molecule has 0 spiro atoms. The van der Waals surface area contributed by atoms with Gasteiger partial charge in [0.15, 0.2) is 11.6 Å². The zero-order valence-electron chi connectivity index (χ0n) is 16.2. The van der Waals surface area contributed by atoms with Crippen molar-refractivity contribution in [3.05, 3.63) is 34.9 Å². The molecule has 8 atom stereocenters. The molecule has 0 radical (unpaired) electrons. The Kier molecular flexibility index (Phi) is 5.10. The molecule has 1 aromatic carbocycles. The maximum absolute atomic E-state index is 14.3. The van der Waals surface area contributed by atoms with Gasteiger partial charge in [-0.2, -0.15) is 0 Å². The summed E-state index contributed by atoms with van der Waals surface area (Å²) in [6, 6.07) is 2.89. The first-order chi connectivity index (χ1) is 14.0. The summed E-state index contributed by atoms with van der Waals surface area (Å²) >= 11 is 0. The van der Waals surface area contributed by atoms with Crippen LogP contribution in [0.4, 0.5) is 8.78 Å². The molecule has 0 saturated carbocycles. The second-order valence-electron chi connectivity index (χ2n) is 8.45. The number of rotatable bonds is 2. The number of aliphatic hydroxyl groups is 2. The van der Waals surface area contributed by atoms with E-state index in [0.717, 1.165) is 19.0 Å². The van der Waals surface area contributed by atoms with Crippen LogP contribution in [-0.2, 0) is 15.9 Å². The second-order valence-corrected chi connectivity index (χ2v) is 8.45. The Hall–Kier alpha value is -1.20. The molecule has 7 nitrogen and oxygen atoms in total. The SMILES string of the molecule is CC1NCNC2C1CCN2[C@@H]1O[C@H]([C@@H]2OCCc3c2ccc(F)c3F)[C@@H](O)[C@H]1O. The number of fused-ring (bicyclic) bond motifs is 2. The quantitative estimate of drug-likeness (QED) is 0.554. The van der Waals surface area contributed by atoms with Crippen molar-refractivity contribution in [2.75, 3.05) is 19.8 Å². The van der Waals surface area contributed by atoms with Gasteiger partial charge in [-0.25, -0.2) is 8.78 Å². The van der Waals surface area contributed by atoms with E-state index in [1.807, 2.05) is 0 Å². The van der Waals surface area contributed by atoms with Crippen molar-refractivity contribution < 1.29 is 28.5 Å². The van der Waals surface area contributed by atoms with Crippen LogP contribution in [0.2, 0.25) is 0 Å². The zero-order valence-corrected chi connectivity index (χ0v) is 16.2. The highest BCUT2D eigenvalue weighted by Gasteiger charge is 2.54. The fraction of sp³-hybridized carbons (Fsp3) is 0.700. The van der Waals surface area contributed by atoms with Gasteiger partial charge in [-0.1, -0.05) is 6.07 Å². The van der Waals surface area contributed by atoms with Crippen LogP contribution in [0.15, 0.2) is 12.1 Å². The van der Waals surface area contributed by atoms with E-state index in [2.05, 4.69) is 22.5 Å². The largest absolute Gasteiger partial charge is 0.387 e. The van der Waals surface area contributed by atoms with Gasteiger partial charge in [0.1, 0.15) is 30.6 Å². The molecule has 1 aromatic rings. The molecule has 3 unspecified atom stereocenters. The lowest BCUT2D eigenvalue weighted by atomic mass is 9.91. The van der Waals surface area contributed by atoms with Crippen molar-refractivity contribution in [2.45, 2.75) is 62.6 Å². The molecule has 9 heteroatoms. The van der Waals surface area contributed by atoms with Crippen LogP contribution in [0, 0.1) is 17.6 Å². The first-order valence-electron chi connectivity index (χ1n) is 10.3. The summed E-state index contributed by atoms with van der Waals surface area (Å²) in [5.41, 5.74) is 0.727. The molecule has 0 aliphatic carbocycles. The average Bonchev–Trinajstić information content (AvgIpc) is 3.27. The summed E-state index contributed by atoms with van der Waals surface area (Å²) in [4.78, 5) is 2.06. The van der Waals surface area contributed by atoms with Gasteiger partial charge in [0.25, 0.3) is 0 Å². The van der Waals surface area contributed by atoms with Crippen LogP contribution in [0.25, 0.3) is 0 Å². The Morgan fingerprint density at radius 2 is 2.00 bits per heavy atom. The van der Waals surface area contributed by atoms with Gasteiger partial charge in [-0.15, -0.1) is 0 Å². The Morgan fingerprint density at radius 3 is 2.83 bits per heavy atom. The van der Waals surface area contributed by atoms with Gasteiger partial charge in [0.2, 0.25) is 0 Å². The number of likely N-dealkylation sites (tertiary alicyclic amines) is 1. The minimum absolute atomic E-state index is 0.0444. The molecular formula is C20H27F2N3O4. The maximum atomic E-state index is 14.3. The lowest BCUT2D eigenvalue weighted by Gasteiger charge is -2.40. The Labute approximate surface area is 168 Å². The Bertz CT molecular complexity index is 784. The van der Waals surface area contributed by atoms with E-state index >= 15 is 0 Å². The normalized spacial score (nSPS) is 42.7. The van der Waals surface area contributed by atoms with E-state index in [4.69, 9.17) is 9.47 Å². The van der Waals surface area contributed by atoms with Crippen molar-refractivity contribution >= 4 is 0 Å². The standard InChI is InChI=1S/C20H27F2N3O4/c1-9-10-4-6-25(19(10)24-8-23-9)20-16(27)15(26)18(29-20)17-12-2-3-13(21)14(22)11(12)5-7-28-17/h2-3,9-10,15-20,23-24,26-27H,4-8H2,1H3/t9?,10?,15-,16+,17+,18-,19?,20+/m0/s1. The smallest absolute Gasteiger partial charge is 0.162 e. The monoisotopic (exact) mass is 411 g/mol. The van der Waals surface area contributed by atoms with E-state index < -0.39 is 42.3 Å². The summed E-state index contributed by atoms with van der Waals surface area (Å²) in [6.07, 6.45) is -3.38. The van der Waals surface area contributed by atoms with E-state index in [1.165, 1.54) is 6.07 Å². The van der Waals surface area contributed by atoms with Crippen LogP contribution in [-0.4, -0.2) is 71.7 Å². The molecule has 3 saturated heterocycles. The highest BCUT2D eigenvalue weighted by Crippen LogP contribution is 2.41. The third-order valence-corrected chi connectivity index (χ3v) is 6.95. The number of nitrogens with zero attached hydrogens (tertiary/aromatic N) is 1. The fourth-order valence-corrected chi connectivity index (χ4v) is 5.38. The molecule has 4 heterocycles. The Morgan fingerprint density at radius 1 is 1.17 bits per heavy atom. The molecule has 0 bridgehead atoms. The minimum Gasteiger partial charge on any atom is -0.387 e. The summed E-state index contributed by atoms with van der Waals surface area (Å²) in [5.74, 6) is -1.40. The number of halogens is 2. The van der Waals surface area contributed by atoms with Gasteiger partial charge < -0.3 is 25.0 Å². The van der Waals surface area contributed by atoms with Gasteiger partial charge in [0, 0.05) is 25.2 Å². The van der Waals surface area contributed by atoms with Crippen LogP contribution < -0.4 is 10.6 Å². The van der Waals surface area contributed by atoms with E-state index in [-0.39, 0.29) is 24.8 Å². The van der Waals surface area contributed by atoms with Gasteiger partial charge in [0.05, 0.1) is 12.8 Å². The molecule has 4 aliphatic rings. The predicted molar refractivity (Wildman–Crippen MR) is 98.6 cm³/mol. The molecule has 4 aliphatic heterocycles. The summed E-state index contributed by atoms with van der Waals surface area (Å²) in [5, 5.41) is 28.3. The number of hydrogen-bond acceptors (Lipinski definition) is 7. The first-order valence-corrected chi connectivity index (χ1v) is 10.3. The summed E-state index contributed by atoms with van der Waals surface area (Å²) in [7, 11) is 0. The van der Waals surface area contributed by atoms with Gasteiger partial charge in [-0.05, 0) is 37.0 Å². The number of aliphatic hydroxyl groups excluding tert-OH is 2. The highest BCUT2D eigenvalue weighted by atomic mass is 19.2. The Balaban J connectivity index is 1.40. The van der Waals surface area contributed by atoms with E-state index in [9.17, 15) is 19.0 Å². The molecule has 160 valence electrons. The molecule has 4 N–H and O–H groups in total. The molecule has 29 heavy (non-hydrogen) atoms. The molecule has 0 amide bonds. The number of ether oxygens (including phenoxy) is 2. The van der Waals surface area contributed by atoms with Crippen molar-refractivity contribution in [1.29, 1.82) is 0 Å². The van der Waals surface area contributed by atoms with Crippen LogP contribution >= 0.6 is 0 Å². The predicted octanol–water partition coefficient (Wildman–Crippen LogP) is 0.212. The van der Waals surface area contributed by atoms with Gasteiger partial charge >= 0.3 is 0 Å². The maximum Gasteiger partial charge on any atom is 0.162 e.